The highest BCUT2D eigenvalue weighted by molar-refractivity contribution is 5.83. The van der Waals surface area contributed by atoms with Gasteiger partial charge < -0.3 is 10.5 Å². The maximum Gasteiger partial charge on any atom is 0.255 e. The first kappa shape index (κ1) is 13.5. The van der Waals surface area contributed by atoms with E-state index in [-0.39, 0.29) is 5.91 Å². The van der Waals surface area contributed by atoms with E-state index >= 15 is 0 Å². The molecule has 0 aliphatic rings. The Morgan fingerprint density at radius 1 is 1.35 bits per heavy atom. The predicted octanol–water partition coefficient (Wildman–Crippen LogP) is 0.562. The zero-order valence-electron chi connectivity index (χ0n) is 10.6. The molecule has 0 bridgehead atoms. The minimum absolute atomic E-state index is 0.297. The van der Waals surface area contributed by atoms with Gasteiger partial charge in [0.05, 0.1) is 7.11 Å². The third-order valence-corrected chi connectivity index (χ3v) is 2.71. The van der Waals surface area contributed by atoms with Crippen LogP contribution in [0.25, 0.3) is 0 Å². The Hall–Kier alpha value is -1.59. The maximum absolute atomic E-state index is 11.7. The number of hydrogen-bond acceptors (Lipinski definition) is 4. The molecule has 5 heteroatoms. The predicted molar refractivity (Wildman–Crippen MR) is 66.6 cm³/mol. The van der Waals surface area contributed by atoms with Crippen molar-refractivity contribution in [3.8, 4) is 5.75 Å². The fraction of sp³-hybridized carbons (Fsp3) is 0.417. The average molecular weight is 237 g/mol. The molecule has 0 aliphatic carbocycles. The fourth-order valence-corrected chi connectivity index (χ4v) is 1.57. The van der Waals surface area contributed by atoms with E-state index < -0.39 is 6.04 Å². The molecule has 5 nitrogen and oxygen atoms in total. The highest BCUT2D eigenvalue weighted by Gasteiger charge is 2.20. The van der Waals surface area contributed by atoms with Gasteiger partial charge in [-0.25, -0.2) is 5.43 Å². The standard InChI is InChI=1S/C12H19N3O2/c1-7-5-9(10(17-4)6-8(7)2)11(13)12(16)15-14-3/h5-6,11,14H,13H2,1-4H3,(H,15,16). The Bertz CT molecular complexity index is 418. The summed E-state index contributed by atoms with van der Waals surface area (Å²) in [5.41, 5.74) is 13.8. The van der Waals surface area contributed by atoms with E-state index in [1.54, 1.807) is 14.2 Å². The van der Waals surface area contributed by atoms with Crippen molar-refractivity contribution in [3.05, 3.63) is 28.8 Å². The van der Waals surface area contributed by atoms with Crippen LogP contribution in [0.5, 0.6) is 5.75 Å². The lowest BCUT2D eigenvalue weighted by Crippen LogP contribution is -2.41. The minimum atomic E-state index is -0.753. The van der Waals surface area contributed by atoms with E-state index in [2.05, 4.69) is 10.9 Å². The number of nitrogens with one attached hydrogen (secondary N) is 2. The summed E-state index contributed by atoms with van der Waals surface area (Å²) in [5.74, 6) is 0.334. The van der Waals surface area contributed by atoms with Crippen molar-refractivity contribution in [2.24, 2.45) is 5.73 Å². The third-order valence-electron chi connectivity index (χ3n) is 2.71. The summed E-state index contributed by atoms with van der Waals surface area (Å²) >= 11 is 0. The Kier molecular flexibility index (Phi) is 4.48. The van der Waals surface area contributed by atoms with E-state index in [1.165, 1.54) is 0 Å². The molecule has 1 unspecified atom stereocenters. The van der Waals surface area contributed by atoms with Crippen LogP contribution in [0.3, 0.4) is 0 Å². The van der Waals surface area contributed by atoms with Gasteiger partial charge in [0.25, 0.3) is 5.91 Å². The first-order chi connectivity index (χ1) is 8.01. The van der Waals surface area contributed by atoms with E-state index in [9.17, 15) is 4.79 Å². The number of hydrazine groups is 1. The smallest absolute Gasteiger partial charge is 0.255 e. The molecule has 1 aromatic carbocycles. The molecule has 17 heavy (non-hydrogen) atoms. The lowest BCUT2D eigenvalue weighted by molar-refractivity contribution is -0.123. The van der Waals surface area contributed by atoms with Gasteiger partial charge in [-0.3, -0.25) is 10.2 Å². The summed E-state index contributed by atoms with van der Waals surface area (Å²) in [4.78, 5) is 11.7. The second-order valence-corrected chi connectivity index (χ2v) is 3.90. The Balaban J connectivity index is 3.11. The summed E-state index contributed by atoms with van der Waals surface area (Å²) in [6, 6.07) is 3.02. The van der Waals surface area contributed by atoms with Crippen LogP contribution in [-0.2, 0) is 4.79 Å². The molecule has 0 fully saturated rings. The van der Waals surface area contributed by atoms with Crippen LogP contribution in [0, 0.1) is 13.8 Å². The summed E-state index contributed by atoms with van der Waals surface area (Å²) in [6.45, 7) is 3.96. The summed E-state index contributed by atoms with van der Waals surface area (Å²) in [5, 5.41) is 0. The zero-order chi connectivity index (χ0) is 13.0. The number of amides is 1. The van der Waals surface area contributed by atoms with Crippen LogP contribution in [0.15, 0.2) is 12.1 Å². The normalized spacial score (nSPS) is 12.1. The second-order valence-electron chi connectivity index (χ2n) is 3.90. The first-order valence-corrected chi connectivity index (χ1v) is 5.38. The molecule has 1 rings (SSSR count). The monoisotopic (exact) mass is 237 g/mol. The quantitative estimate of drug-likeness (QED) is 0.669. The van der Waals surface area contributed by atoms with Crippen LogP contribution >= 0.6 is 0 Å². The number of nitrogens with two attached hydrogens (primary N) is 1. The number of carbonyl (C=O) groups excluding carboxylic acids is 1. The second kappa shape index (κ2) is 5.65. The van der Waals surface area contributed by atoms with Gasteiger partial charge in [-0.1, -0.05) is 6.07 Å². The number of aryl methyl sites for hydroxylation is 2. The molecular formula is C12H19N3O2. The maximum atomic E-state index is 11.7. The lowest BCUT2D eigenvalue weighted by Gasteiger charge is -2.17. The number of benzene rings is 1. The van der Waals surface area contributed by atoms with Crippen molar-refractivity contribution in [3.63, 3.8) is 0 Å². The van der Waals surface area contributed by atoms with Crippen LogP contribution in [0.4, 0.5) is 0 Å². The van der Waals surface area contributed by atoms with Crippen molar-refractivity contribution in [2.75, 3.05) is 14.2 Å². The molecule has 1 aromatic rings. The number of ether oxygens (including phenoxy) is 1. The van der Waals surface area contributed by atoms with Gasteiger partial charge in [-0.15, -0.1) is 0 Å². The number of carbonyl (C=O) groups is 1. The molecule has 1 atom stereocenters. The van der Waals surface area contributed by atoms with Gasteiger partial charge in [0.2, 0.25) is 0 Å². The van der Waals surface area contributed by atoms with Gasteiger partial charge in [0.15, 0.2) is 0 Å². The SMILES string of the molecule is CNNC(=O)C(N)c1cc(C)c(C)cc1OC. The molecule has 0 heterocycles. The van der Waals surface area contributed by atoms with Crippen molar-refractivity contribution in [1.29, 1.82) is 0 Å². The van der Waals surface area contributed by atoms with Gasteiger partial charge in [0.1, 0.15) is 11.8 Å². The molecule has 0 saturated heterocycles. The first-order valence-electron chi connectivity index (χ1n) is 5.38. The van der Waals surface area contributed by atoms with Crippen molar-refractivity contribution in [1.82, 2.24) is 10.9 Å². The third kappa shape index (κ3) is 2.95. The molecule has 0 aliphatic heterocycles. The summed E-state index contributed by atoms with van der Waals surface area (Å²) in [6.07, 6.45) is 0. The molecule has 1 amide bonds. The van der Waals surface area contributed by atoms with E-state index in [4.69, 9.17) is 10.5 Å². The van der Waals surface area contributed by atoms with Crippen LogP contribution < -0.4 is 21.3 Å². The van der Waals surface area contributed by atoms with Crippen molar-refractivity contribution in [2.45, 2.75) is 19.9 Å². The van der Waals surface area contributed by atoms with Crippen LogP contribution in [-0.4, -0.2) is 20.1 Å². The molecule has 0 aromatic heterocycles. The molecule has 4 N–H and O–H groups in total. The van der Waals surface area contributed by atoms with Crippen LogP contribution in [0.1, 0.15) is 22.7 Å². The summed E-state index contributed by atoms with van der Waals surface area (Å²) in [7, 11) is 3.18. The number of methoxy groups -OCH3 is 1. The largest absolute Gasteiger partial charge is 0.496 e. The summed E-state index contributed by atoms with van der Waals surface area (Å²) < 4.78 is 5.25. The fourth-order valence-electron chi connectivity index (χ4n) is 1.57. The highest BCUT2D eigenvalue weighted by atomic mass is 16.5. The average Bonchev–Trinajstić information content (AvgIpc) is 2.31. The Labute approximate surface area is 101 Å². The van der Waals surface area contributed by atoms with Gasteiger partial charge in [0, 0.05) is 12.6 Å². The molecule has 0 saturated carbocycles. The minimum Gasteiger partial charge on any atom is -0.496 e. The topological polar surface area (TPSA) is 76.4 Å². The molecular weight excluding hydrogens is 218 g/mol. The van der Waals surface area contributed by atoms with Gasteiger partial charge in [-0.05, 0) is 31.0 Å². The van der Waals surface area contributed by atoms with Gasteiger partial charge >= 0.3 is 0 Å². The molecule has 0 radical (unpaired) electrons. The molecule has 94 valence electrons. The van der Waals surface area contributed by atoms with E-state index in [0.29, 0.717) is 11.3 Å². The molecule has 0 spiro atoms. The number of rotatable bonds is 4. The number of hydrogen-bond donors (Lipinski definition) is 3. The zero-order valence-corrected chi connectivity index (χ0v) is 10.6. The van der Waals surface area contributed by atoms with Crippen molar-refractivity contribution >= 4 is 5.91 Å². The van der Waals surface area contributed by atoms with E-state index in [1.807, 2.05) is 26.0 Å². The van der Waals surface area contributed by atoms with E-state index in [0.717, 1.165) is 11.1 Å². The van der Waals surface area contributed by atoms with Crippen molar-refractivity contribution < 1.29 is 9.53 Å². The highest BCUT2D eigenvalue weighted by Crippen LogP contribution is 2.27. The Morgan fingerprint density at radius 3 is 2.47 bits per heavy atom. The van der Waals surface area contributed by atoms with Crippen LogP contribution in [0.2, 0.25) is 0 Å². The Morgan fingerprint density at radius 2 is 1.94 bits per heavy atom. The van der Waals surface area contributed by atoms with Gasteiger partial charge in [-0.2, -0.15) is 0 Å². The lowest BCUT2D eigenvalue weighted by atomic mass is 10.00.